The van der Waals surface area contributed by atoms with Crippen LogP contribution < -0.4 is 0 Å². The maximum absolute atomic E-state index is 5.43. The van der Waals surface area contributed by atoms with Crippen molar-refractivity contribution in [2.24, 2.45) is 0 Å². The van der Waals surface area contributed by atoms with Crippen molar-refractivity contribution < 1.29 is 0 Å². The number of hydrogen-bond donors (Lipinski definition) is 0. The molecule has 0 aliphatic heterocycles. The molecule has 3 aliphatic carbocycles. The molecule has 2 atom stereocenters. The maximum atomic E-state index is 5.43. The van der Waals surface area contributed by atoms with E-state index in [0.717, 1.165) is 100 Å². The standard InChI is InChI=1S/C68H42N8/c1-3-13-41(14-4-1)59-39-61(49-19-9-7-17-47(49)43-25-29-57-63(37-43)71-33-31-69-57)75-67(73-59)45-23-27-53-55(35-45)65-51-21-11-12-22-52(51)66(53)56-36-46(24-28-54(56)65)68-74-60(42-15-5-2-6-16-42)40-62(76-68)50-20-10-8-18-48(50)44-26-30-58-64(38-44)72-34-32-70-58/h1-40,65-66H. The third-order valence-electron chi connectivity index (χ3n) is 15.1. The Balaban J connectivity index is 0.850. The first-order valence-electron chi connectivity index (χ1n) is 25.5. The Morgan fingerprint density at radius 1 is 0.224 bits per heavy atom. The van der Waals surface area contributed by atoms with Gasteiger partial charge in [-0.25, -0.2) is 19.9 Å². The lowest BCUT2D eigenvalue weighted by atomic mass is 9.61. The van der Waals surface area contributed by atoms with Gasteiger partial charge in [-0.2, -0.15) is 0 Å². The van der Waals surface area contributed by atoms with Gasteiger partial charge < -0.3 is 0 Å². The summed E-state index contributed by atoms with van der Waals surface area (Å²) in [7, 11) is 0. The summed E-state index contributed by atoms with van der Waals surface area (Å²) < 4.78 is 0. The zero-order valence-corrected chi connectivity index (χ0v) is 40.8. The second kappa shape index (κ2) is 17.8. The Kier molecular flexibility index (Phi) is 10.2. The fourth-order valence-corrected chi connectivity index (χ4v) is 11.6. The Morgan fingerprint density at radius 3 is 1.03 bits per heavy atom. The molecule has 2 unspecified atom stereocenters. The van der Waals surface area contributed by atoms with E-state index in [1.54, 1.807) is 24.8 Å². The van der Waals surface area contributed by atoms with Crippen molar-refractivity contribution in [3.63, 3.8) is 0 Å². The van der Waals surface area contributed by atoms with Crippen molar-refractivity contribution in [3.8, 4) is 90.1 Å². The summed E-state index contributed by atoms with van der Waals surface area (Å²) in [5.74, 6) is 1.34. The van der Waals surface area contributed by atoms with Gasteiger partial charge in [-0.05, 0) is 104 Å². The van der Waals surface area contributed by atoms with E-state index in [0.29, 0.717) is 11.6 Å². The van der Waals surface area contributed by atoms with Gasteiger partial charge in [-0.3, -0.25) is 19.9 Å². The van der Waals surface area contributed by atoms with E-state index in [4.69, 9.17) is 19.9 Å². The van der Waals surface area contributed by atoms with Gasteiger partial charge >= 0.3 is 0 Å². The highest BCUT2D eigenvalue weighted by Gasteiger charge is 2.41. The zero-order chi connectivity index (χ0) is 50.1. The summed E-state index contributed by atoms with van der Waals surface area (Å²) in [6.07, 6.45) is 6.93. The van der Waals surface area contributed by atoms with Crippen molar-refractivity contribution in [1.82, 2.24) is 39.9 Å². The van der Waals surface area contributed by atoms with E-state index in [1.807, 2.05) is 24.3 Å². The molecule has 0 fully saturated rings. The molecular formula is C68H42N8. The van der Waals surface area contributed by atoms with Gasteiger partial charge in [0.05, 0.1) is 44.8 Å². The topological polar surface area (TPSA) is 103 Å². The second-order valence-electron chi connectivity index (χ2n) is 19.4. The SMILES string of the molecule is c1ccc(-c2cc(-c3ccccc3-c3ccc4nccnc4c3)nc(-c3ccc4c(c3)C3c5ccccc5C4c4cc(-c5nc(-c6ccccc6)cc(-c6ccccc6-c6ccc7nccnc7c6)n5)ccc43)n2)cc1. The third-order valence-corrected chi connectivity index (χ3v) is 15.1. The number of fused-ring (bicyclic) bond motifs is 2. The van der Waals surface area contributed by atoms with Crippen LogP contribution in [0.3, 0.4) is 0 Å². The van der Waals surface area contributed by atoms with Crippen molar-refractivity contribution in [3.05, 3.63) is 277 Å². The van der Waals surface area contributed by atoms with Crippen LogP contribution in [0.4, 0.5) is 0 Å². The maximum Gasteiger partial charge on any atom is 0.160 e. The van der Waals surface area contributed by atoms with E-state index in [2.05, 4.69) is 214 Å². The molecule has 2 bridgehead atoms. The number of aromatic nitrogens is 8. The molecule has 8 nitrogen and oxygen atoms in total. The number of benzene rings is 9. The van der Waals surface area contributed by atoms with Gasteiger partial charge in [0.25, 0.3) is 0 Å². The molecule has 16 rings (SSSR count). The van der Waals surface area contributed by atoms with Crippen LogP contribution in [-0.2, 0) is 0 Å². The highest BCUT2D eigenvalue weighted by Crippen LogP contribution is 2.57. The Labute approximate surface area is 438 Å². The van der Waals surface area contributed by atoms with E-state index in [-0.39, 0.29) is 11.8 Å². The first kappa shape index (κ1) is 43.4. The molecule has 0 N–H and O–H groups in total. The van der Waals surface area contributed by atoms with Crippen molar-refractivity contribution in [2.45, 2.75) is 11.8 Å². The van der Waals surface area contributed by atoms with Gasteiger partial charge in [0.2, 0.25) is 0 Å². The monoisotopic (exact) mass is 970 g/mol. The Morgan fingerprint density at radius 2 is 0.579 bits per heavy atom. The molecule has 354 valence electrons. The molecule has 3 aliphatic rings. The molecule has 8 heteroatoms. The third kappa shape index (κ3) is 7.37. The fourth-order valence-electron chi connectivity index (χ4n) is 11.6. The minimum Gasteiger partial charge on any atom is -0.253 e. The molecule has 4 heterocycles. The van der Waals surface area contributed by atoms with E-state index in [9.17, 15) is 0 Å². The molecule has 0 spiro atoms. The molecule has 9 aromatic carbocycles. The molecule has 13 aromatic rings. The van der Waals surface area contributed by atoms with Gasteiger partial charge in [0.15, 0.2) is 11.6 Å². The first-order valence-corrected chi connectivity index (χ1v) is 25.5. The summed E-state index contributed by atoms with van der Waals surface area (Å²) in [5, 5.41) is 0. The quantitative estimate of drug-likeness (QED) is 0.148. The lowest BCUT2D eigenvalue weighted by Crippen LogP contribution is -2.27. The number of nitrogens with zero attached hydrogens (tertiary/aromatic N) is 8. The minimum absolute atomic E-state index is 0.000595. The van der Waals surface area contributed by atoms with Gasteiger partial charge in [-0.15, -0.1) is 0 Å². The van der Waals surface area contributed by atoms with Crippen LogP contribution >= 0.6 is 0 Å². The Bertz CT molecular complexity index is 4160. The average molecular weight is 971 g/mol. The van der Waals surface area contributed by atoms with Gasteiger partial charge in [-0.1, -0.05) is 170 Å². The van der Waals surface area contributed by atoms with Crippen LogP contribution in [0.5, 0.6) is 0 Å². The van der Waals surface area contributed by atoms with Crippen LogP contribution in [0, 0.1) is 0 Å². The molecule has 0 saturated carbocycles. The van der Waals surface area contributed by atoms with Crippen LogP contribution in [0.2, 0.25) is 0 Å². The Hall–Kier alpha value is -10.2. The average Bonchev–Trinajstić information content (AvgIpc) is 3.65. The van der Waals surface area contributed by atoms with Crippen LogP contribution in [0.15, 0.2) is 243 Å². The zero-order valence-electron chi connectivity index (χ0n) is 40.8. The van der Waals surface area contributed by atoms with Crippen molar-refractivity contribution in [2.75, 3.05) is 0 Å². The predicted octanol–water partition coefficient (Wildman–Crippen LogP) is 15.5. The summed E-state index contributed by atoms with van der Waals surface area (Å²) in [4.78, 5) is 39.8. The largest absolute Gasteiger partial charge is 0.253 e. The summed E-state index contributed by atoms with van der Waals surface area (Å²) >= 11 is 0. The first-order chi connectivity index (χ1) is 37.6. The van der Waals surface area contributed by atoms with E-state index >= 15 is 0 Å². The summed E-state index contributed by atoms with van der Waals surface area (Å²) in [6.45, 7) is 0. The summed E-state index contributed by atoms with van der Waals surface area (Å²) in [6, 6.07) is 77.1. The highest BCUT2D eigenvalue weighted by molar-refractivity contribution is 5.90. The molecule has 76 heavy (non-hydrogen) atoms. The minimum atomic E-state index is -0.000595. The second-order valence-corrected chi connectivity index (χ2v) is 19.4. The van der Waals surface area contributed by atoms with E-state index < -0.39 is 0 Å². The van der Waals surface area contributed by atoms with E-state index in [1.165, 1.54) is 33.4 Å². The van der Waals surface area contributed by atoms with Crippen LogP contribution in [0.25, 0.3) is 112 Å². The molecular weight excluding hydrogens is 929 g/mol. The van der Waals surface area contributed by atoms with Gasteiger partial charge in [0, 0.05) is 70.0 Å². The van der Waals surface area contributed by atoms with Gasteiger partial charge in [0.1, 0.15) is 0 Å². The van der Waals surface area contributed by atoms with Crippen molar-refractivity contribution >= 4 is 22.1 Å². The molecule has 0 saturated heterocycles. The highest BCUT2D eigenvalue weighted by atomic mass is 14.9. The fraction of sp³-hybridized carbons (Fsp3) is 0.0294. The predicted molar refractivity (Wildman–Crippen MR) is 302 cm³/mol. The lowest BCUT2D eigenvalue weighted by molar-refractivity contribution is 0.754. The lowest BCUT2D eigenvalue weighted by Gasteiger charge is -2.42. The molecule has 0 amide bonds. The normalized spacial score (nSPS) is 14.1. The summed E-state index contributed by atoms with van der Waals surface area (Å²) in [5.41, 5.74) is 24.8. The number of hydrogen-bond acceptors (Lipinski definition) is 8. The molecule has 0 radical (unpaired) electrons. The molecule has 4 aromatic heterocycles. The van der Waals surface area contributed by atoms with Crippen molar-refractivity contribution in [1.29, 1.82) is 0 Å². The van der Waals surface area contributed by atoms with Crippen LogP contribution in [0.1, 0.15) is 45.2 Å². The number of rotatable bonds is 8. The van der Waals surface area contributed by atoms with Crippen LogP contribution in [-0.4, -0.2) is 39.9 Å². The smallest absolute Gasteiger partial charge is 0.160 e.